The Kier molecular flexibility index (Phi) is 6.47. The summed E-state index contributed by atoms with van der Waals surface area (Å²) in [4.78, 5) is 34.1. The van der Waals surface area contributed by atoms with Gasteiger partial charge in [0.2, 0.25) is 5.91 Å². The Morgan fingerprint density at radius 2 is 1.90 bits per heavy atom. The monoisotopic (exact) mass is 317 g/mol. The van der Waals surface area contributed by atoms with E-state index in [1.165, 1.54) is 0 Å². The normalized spacial score (nSPS) is 17.3. The SMILES string of the molecule is CC(C)(SCC(=O)NC(=O)NC1CCCC1)[C@H](N)C(=O)O. The number of hydrogen-bond acceptors (Lipinski definition) is 5. The minimum Gasteiger partial charge on any atom is -0.480 e. The number of thioether (sulfide) groups is 1. The second-order valence-corrected chi connectivity index (χ2v) is 7.34. The van der Waals surface area contributed by atoms with Gasteiger partial charge in [-0.15, -0.1) is 11.8 Å². The number of nitrogens with one attached hydrogen (secondary N) is 2. The number of carboxylic acid groups (broad SMARTS) is 1. The Hall–Kier alpha value is -1.28. The fourth-order valence-corrected chi connectivity index (χ4v) is 2.95. The van der Waals surface area contributed by atoms with Gasteiger partial charge < -0.3 is 16.2 Å². The van der Waals surface area contributed by atoms with Crippen LogP contribution in [0.5, 0.6) is 0 Å². The van der Waals surface area contributed by atoms with Crippen LogP contribution in [0.25, 0.3) is 0 Å². The number of amides is 3. The van der Waals surface area contributed by atoms with Crippen molar-refractivity contribution in [2.45, 2.75) is 56.4 Å². The number of hydrogen-bond donors (Lipinski definition) is 4. The third-order valence-corrected chi connectivity index (χ3v) is 4.94. The Labute approximate surface area is 128 Å². The van der Waals surface area contributed by atoms with E-state index < -0.39 is 28.7 Å². The minimum atomic E-state index is -1.12. The van der Waals surface area contributed by atoms with E-state index in [2.05, 4.69) is 10.6 Å². The molecule has 0 aromatic rings. The zero-order valence-electron chi connectivity index (χ0n) is 12.3. The maximum absolute atomic E-state index is 11.7. The van der Waals surface area contributed by atoms with E-state index in [4.69, 9.17) is 10.8 Å². The van der Waals surface area contributed by atoms with Crippen LogP contribution in [0.4, 0.5) is 4.79 Å². The van der Waals surface area contributed by atoms with E-state index in [1.807, 2.05) is 0 Å². The quantitative estimate of drug-likeness (QED) is 0.571. The first-order valence-electron chi connectivity index (χ1n) is 6.95. The van der Waals surface area contributed by atoms with Crippen LogP contribution in [0.2, 0.25) is 0 Å². The first kappa shape index (κ1) is 17.8. The molecular formula is C13H23N3O4S. The molecule has 0 aromatic heterocycles. The lowest BCUT2D eigenvalue weighted by atomic mass is 10.1. The molecule has 0 spiro atoms. The predicted octanol–water partition coefficient (Wildman–Crippen LogP) is 0.679. The lowest BCUT2D eigenvalue weighted by molar-refractivity contribution is -0.139. The molecule has 8 heteroatoms. The molecule has 0 aliphatic heterocycles. The molecule has 7 nitrogen and oxygen atoms in total. The van der Waals surface area contributed by atoms with Gasteiger partial charge in [-0.25, -0.2) is 4.79 Å². The van der Waals surface area contributed by atoms with Crippen molar-refractivity contribution in [2.24, 2.45) is 5.73 Å². The number of urea groups is 1. The molecule has 1 saturated carbocycles. The van der Waals surface area contributed by atoms with Gasteiger partial charge in [0.25, 0.3) is 0 Å². The van der Waals surface area contributed by atoms with Crippen molar-refractivity contribution in [3.8, 4) is 0 Å². The highest BCUT2D eigenvalue weighted by Crippen LogP contribution is 2.27. The van der Waals surface area contributed by atoms with Crippen LogP contribution in [0, 0.1) is 0 Å². The topological polar surface area (TPSA) is 122 Å². The summed E-state index contributed by atoms with van der Waals surface area (Å²) >= 11 is 1.11. The molecule has 1 atom stereocenters. The Bertz CT molecular complexity index is 408. The first-order valence-corrected chi connectivity index (χ1v) is 7.93. The number of carboxylic acids is 1. The molecule has 0 aromatic carbocycles. The van der Waals surface area contributed by atoms with Gasteiger partial charge >= 0.3 is 12.0 Å². The third-order valence-electron chi connectivity index (χ3n) is 3.53. The molecular weight excluding hydrogens is 294 g/mol. The highest BCUT2D eigenvalue weighted by Gasteiger charge is 2.33. The van der Waals surface area contributed by atoms with Crippen molar-refractivity contribution in [1.82, 2.24) is 10.6 Å². The maximum Gasteiger partial charge on any atom is 0.321 e. The van der Waals surface area contributed by atoms with Crippen LogP contribution in [0.1, 0.15) is 39.5 Å². The van der Waals surface area contributed by atoms with Crippen LogP contribution >= 0.6 is 11.8 Å². The molecule has 1 aliphatic rings. The Morgan fingerprint density at radius 3 is 2.43 bits per heavy atom. The number of carbonyl (C=O) groups is 3. The largest absolute Gasteiger partial charge is 0.480 e. The van der Waals surface area contributed by atoms with Crippen molar-refractivity contribution >= 4 is 29.7 Å². The van der Waals surface area contributed by atoms with Crippen LogP contribution in [-0.4, -0.2) is 45.6 Å². The van der Waals surface area contributed by atoms with Gasteiger partial charge in [-0.1, -0.05) is 12.8 Å². The van der Waals surface area contributed by atoms with Crippen LogP contribution in [0.15, 0.2) is 0 Å². The second kappa shape index (κ2) is 7.65. The van der Waals surface area contributed by atoms with Gasteiger partial charge in [0.15, 0.2) is 0 Å². The van der Waals surface area contributed by atoms with E-state index in [0.717, 1.165) is 37.4 Å². The summed E-state index contributed by atoms with van der Waals surface area (Å²) in [6.07, 6.45) is 4.07. The number of imide groups is 1. The Morgan fingerprint density at radius 1 is 1.33 bits per heavy atom. The Balaban J connectivity index is 2.32. The van der Waals surface area contributed by atoms with Crippen molar-refractivity contribution < 1.29 is 19.5 Å². The molecule has 120 valence electrons. The molecule has 0 radical (unpaired) electrons. The molecule has 21 heavy (non-hydrogen) atoms. The van der Waals surface area contributed by atoms with E-state index in [-0.39, 0.29) is 11.8 Å². The van der Waals surface area contributed by atoms with Gasteiger partial charge in [-0.2, -0.15) is 0 Å². The average Bonchev–Trinajstić information content (AvgIpc) is 2.88. The van der Waals surface area contributed by atoms with Crippen LogP contribution < -0.4 is 16.4 Å². The number of carbonyl (C=O) groups excluding carboxylic acids is 2. The van der Waals surface area contributed by atoms with Gasteiger partial charge in [-0.05, 0) is 26.7 Å². The molecule has 1 aliphatic carbocycles. The lowest BCUT2D eigenvalue weighted by Crippen LogP contribution is -2.48. The molecule has 1 rings (SSSR count). The predicted molar refractivity (Wildman–Crippen MR) is 81.1 cm³/mol. The molecule has 0 unspecified atom stereocenters. The number of rotatable bonds is 6. The van der Waals surface area contributed by atoms with E-state index in [9.17, 15) is 14.4 Å². The fourth-order valence-electron chi connectivity index (χ4n) is 2.09. The van der Waals surface area contributed by atoms with Gasteiger partial charge in [-0.3, -0.25) is 14.9 Å². The number of aliphatic carboxylic acids is 1. The van der Waals surface area contributed by atoms with Gasteiger partial charge in [0, 0.05) is 10.8 Å². The number of nitrogens with two attached hydrogens (primary N) is 1. The summed E-state index contributed by atoms with van der Waals surface area (Å²) in [5, 5.41) is 13.9. The summed E-state index contributed by atoms with van der Waals surface area (Å²) in [7, 11) is 0. The van der Waals surface area contributed by atoms with E-state index in [0.29, 0.717) is 0 Å². The summed E-state index contributed by atoms with van der Waals surface area (Å²) in [6, 6.07) is -1.43. The minimum absolute atomic E-state index is 0.0218. The summed E-state index contributed by atoms with van der Waals surface area (Å²) in [6.45, 7) is 3.31. The molecule has 0 bridgehead atoms. The lowest BCUT2D eigenvalue weighted by Gasteiger charge is -2.27. The van der Waals surface area contributed by atoms with Crippen molar-refractivity contribution in [1.29, 1.82) is 0 Å². The standard InChI is InChI=1S/C13H23N3O4S/c1-13(2,10(14)11(18)19)21-7-9(17)16-12(20)15-8-5-3-4-6-8/h8,10H,3-7,14H2,1-2H3,(H,18,19)(H2,15,16,17,20)/t10-/m1/s1. The molecule has 3 amide bonds. The zero-order valence-corrected chi connectivity index (χ0v) is 13.2. The van der Waals surface area contributed by atoms with Crippen LogP contribution in [0.3, 0.4) is 0 Å². The van der Waals surface area contributed by atoms with Crippen molar-refractivity contribution in [2.75, 3.05) is 5.75 Å². The summed E-state index contributed by atoms with van der Waals surface area (Å²) < 4.78 is -0.800. The first-order chi connectivity index (χ1) is 9.72. The van der Waals surface area contributed by atoms with Crippen molar-refractivity contribution in [3.05, 3.63) is 0 Å². The zero-order chi connectivity index (χ0) is 16.0. The second-order valence-electron chi connectivity index (χ2n) is 5.71. The summed E-state index contributed by atoms with van der Waals surface area (Å²) in [5.41, 5.74) is 5.56. The molecule has 0 saturated heterocycles. The van der Waals surface area contributed by atoms with Gasteiger partial charge in [0.05, 0.1) is 5.75 Å². The van der Waals surface area contributed by atoms with Crippen molar-refractivity contribution in [3.63, 3.8) is 0 Å². The molecule has 0 heterocycles. The molecule has 5 N–H and O–H groups in total. The highest BCUT2D eigenvalue weighted by atomic mass is 32.2. The average molecular weight is 317 g/mol. The smallest absolute Gasteiger partial charge is 0.321 e. The fraction of sp³-hybridized carbons (Fsp3) is 0.769. The van der Waals surface area contributed by atoms with Crippen LogP contribution in [-0.2, 0) is 9.59 Å². The summed E-state index contributed by atoms with van der Waals surface area (Å²) in [5.74, 6) is -1.60. The van der Waals surface area contributed by atoms with E-state index in [1.54, 1.807) is 13.8 Å². The third kappa shape index (κ3) is 5.92. The molecule has 1 fully saturated rings. The van der Waals surface area contributed by atoms with E-state index >= 15 is 0 Å². The van der Waals surface area contributed by atoms with Gasteiger partial charge in [0.1, 0.15) is 6.04 Å². The highest BCUT2D eigenvalue weighted by molar-refractivity contribution is 8.01. The maximum atomic E-state index is 11.7.